The maximum absolute atomic E-state index is 13.8. The molecule has 0 radical (unpaired) electrons. The molecule has 8 nitrogen and oxygen atoms in total. The molecule has 3 aliphatic heterocycles. The van der Waals surface area contributed by atoms with Crippen molar-refractivity contribution < 1.29 is 14.2 Å². The number of methoxy groups -OCH3 is 1. The lowest BCUT2D eigenvalue weighted by Gasteiger charge is -2.34. The third-order valence-electron chi connectivity index (χ3n) is 5.96. The van der Waals surface area contributed by atoms with Gasteiger partial charge in [0.05, 0.1) is 19.4 Å². The van der Waals surface area contributed by atoms with Crippen molar-refractivity contribution in [2.45, 2.75) is 31.7 Å². The number of ether oxygens (including phenoxy) is 1. The predicted octanol–water partition coefficient (Wildman–Crippen LogP) is 2.57. The molecule has 0 aromatic heterocycles. The fraction of sp³-hybridized carbons (Fsp3) is 0.440. The minimum atomic E-state index is -0.416. The van der Waals surface area contributed by atoms with Crippen molar-refractivity contribution in [3.05, 3.63) is 47.6 Å². The van der Waals surface area contributed by atoms with Crippen molar-refractivity contribution >= 4 is 17.9 Å². The molecule has 3 N–H and O–H groups in total. The van der Waals surface area contributed by atoms with Crippen LogP contribution in [0.2, 0.25) is 0 Å². The van der Waals surface area contributed by atoms with Crippen LogP contribution in [0.3, 0.4) is 0 Å². The summed E-state index contributed by atoms with van der Waals surface area (Å²) in [6.07, 6.45) is 17.8. The first-order valence-corrected chi connectivity index (χ1v) is 11.5. The second-order valence-electron chi connectivity index (χ2n) is 8.12. The molecule has 0 bridgehead atoms. The number of rotatable bonds is 7. The van der Waals surface area contributed by atoms with E-state index in [0.29, 0.717) is 24.1 Å². The molecule has 34 heavy (non-hydrogen) atoms. The molecule has 9 heteroatoms. The highest BCUT2D eigenvalue weighted by molar-refractivity contribution is 6.05. The number of hydrazine groups is 1. The van der Waals surface area contributed by atoms with E-state index in [1.54, 1.807) is 18.5 Å². The second-order valence-corrected chi connectivity index (χ2v) is 8.12. The Morgan fingerprint density at radius 1 is 1.32 bits per heavy atom. The number of benzene rings is 1. The average Bonchev–Trinajstić information content (AvgIpc) is 3.09. The molecule has 1 saturated heterocycles. The van der Waals surface area contributed by atoms with Gasteiger partial charge in [0.15, 0.2) is 17.4 Å². The number of aliphatic hydroxyl groups is 1. The number of terminal acetylenes is 1. The number of halogens is 1. The van der Waals surface area contributed by atoms with E-state index in [9.17, 15) is 4.39 Å². The lowest BCUT2D eigenvalue weighted by molar-refractivity contribution is 0.200. The Morgan fingerprint density at radius 3 is 2.85 bits per heavy atom. The Kier molecular flexibility index (Phi) is 9.64. The lowest BCUT2D eigenvalue weighted by Crippen LogP contribution is -2.45. The van der Waals surface area contributed by atoms with Crippen LogP contribution >= 0.6 is 0 Å². The third-order valence-corrected chi connectivity index (χ3v) is 5.96. The van der Waals surface area contributed by atoms with Gasteiger partial charge in [-0.2, -0.15) is 0 Å². The zero-order valence-electron chi connectivity index (χ0n) is 19.6. The topological polar surface area (TPSA) is 84.7 Å². The third kappa shape index (κ3) is 6.44. The summed E-state index contributed by atoms with van der Waals surface area (Å²) in [5.74, 6) is 0.341. The van der Waals surface area contributed by atoms with Crippen LogP contribution < -0.4 is 15.5 Å². The molecule has 3 heterocycles. The van der Waals surface area contributed by atoms with Gasteiger partial charge in [0, 0.05) is 31.4 Å². The summed E-state index contributed by atoms with van der Waals surface area (Å²) in [5, 5.41) is 14.4. The van der Waals surface area contributed by atoms with Crippen LogP contribution in [0, 0.1) is 18.7 Å². The van der Waals surface area contributed by atoms with Gasteiger partial charge in [-0.3, -0.25) is 15.3 Å². The van der Waals surface area contributed by atoms with E-state index in [1.165, 1.54) is 18.7 Å². The van der Waals surface area contributed by atoms with E-state index in [1.807, 2.05) is 11.2 Å². The molecule has 1 fully saturated rings. The first-order chi connectivity index (χ1) is 16.7. The number of hydrogen-bond donors (Lipinski definition) is 3. The maximum Gasteiger partial charge on any atom is 0.180 e. The molecular weight excluding hydrogens is 435 g/mol. The zero-order chi connectivity index (χ0) is 24.3. The quantitative estimate of drug-likeness (QED) is 0.534. The van der Waals surface area contributed by atoms with Gasteiger partial charge < -0.3 is 15.2 Å². The number of likely N-dealkylation sites (tertiary alicyclic amines) is 1. The van der Waals surface area contributed by atoms with Gasteiger partial charge in [-0.15, -0.1) is 12.8 Å². The van der Waals surface area contributed by atoms with Crippen molar-refractivity contribution in [3.63, 3.8) is 0 Å². The van der Waals surface area contributed by atoms with Crippen LogP contribution in [0.5, 0.6) is 5.75 Å². The Bertz CT molecular complexity index is 963. The van der Waals surface area contributed by atoms with Crippen LogP contribution in [-0.2, 0) is 0 Å². The van der Waals surface area contributed by atoms with Crippen LogP contribution in [0.15, 0.2) is 51.7 Å². The van der Waals surface area contributed by atoms with Gasteiger partial charge in [0.25, 0.3) is 0 Å². The van der Waals surface area contributed by atoms with Crippen molar-refractivity contribution in [2.75, 3.05) is 39.9 Å². The molecule has 1 aromatic rings. The zero-order valence-corrected chi connectivity index (χ0v) is 19.6. The number of fused-ring (bicyclic) bond motifs is 1. The molecule has 0 unspecified atom stereocenters. The van der Waals surface area contributed by atoms with Gasteiger partial charge in [0.1, 0.15) is 12.0 Å². The number of aliphatic imine (C=N–C) groups is 2. The van der Waals surface area contributed by atoms with Crippen molar-refractivity contribution in [3.8, 4) is 18.6 Å². The number of hydrogen-bond acceptors (Lipinski definition) is 7. The Labute approximate surface area is 200 Å². The summed E-state index contributed by atoms with van der Waals surface area (Å²) in [6, 6.07) is 5.04. The number of aliphatic hydroxyl groups excluding tert-OH is 1. The molecule has 0 amide bonds. The van der Waals surface area contributed by atoms with Gasteiger partial charge in [0.2, 0.25) is 0 Å². The van der Waals surface area contributed by atoms with E-state index in [0.717, 1.165) is 51.0 Å². The van der Waals surface area contributed by atoms with Gasteiger partial charge >= 0.3 is 0 Å². The van der Waals surface area contributed by atoms with E-state index in [-0.39, 0.29) is 12.4 Å². The first kappa shape index (κ1) is 25.4. The van der Waals surface area contributed by atoms with Crippen LogP contribution in [0.25, 0.3) is 0 Å². The van der Waals surface area contributed by atoms with Crippen molar-refractivity contribution in [1.29, 1.82) is 0 Å². The van der Waals surface area contributed by atoms with E-state index in [4.69, 9.17) is 14.8 Å². The number of amidine groups is 1. The van der Waals surface area contributed by atoms with Gasteiger partial charge in [-0.05, 0) is 56.5 Å². The molecule has 182 valence electrons. The molecule has 4 rings (SSSR count). The highest BCUT2D eigenvalue weighted by Gasteiger charge is 2.26. The van der Waals surface area contributed by atoms with Gasteiger partial charge in [-0.25, -0.2) is 14.4 Å². The van der Waals surface area contributed by atoms with Crippen LogP contribution in [0.4, 0.5) is 10.1 Å². The van der Waals surface area contributed by atoms with Crippen LogP contribution in [-0.4, -0.2) is 73.1 Å². The summed E-state index contributed by atoms with van der Waals surface area (Å²) in [4.78, 5) is 11.7. The second kappa shape index (κ2) is 12.9. The Hall–Kier alpha value is -3.19. The molecular formula is C25H33FN6O2. The maximum atomic E-state index is 13.8. The molecule has 0 spiro atoms. The molecule has 3 aliphatic rings. The normalized spacial score (nSPS) is 19.8. The number of piperidine rings is 1. The highest BCUT2D eigenvalue weighted by Crippen LogP contribution is 2.28. The minimum absolute atomic E-state index is 0.161. The summed E-state index contributed by atoms with van der Waals surface area (Å²) in [5.41, 5.74) is 6.00. The summed E-state index contributed by atoms with van der Waals surface area (Å²) >= 11 is 0. The largest absolute Gasteiger partial charge is 0.494 e. The summed E-state index contributed by atoms with van der Waals surface area (Å²) in [6.45, 7) is 3.69. The lowest BCUT2D eigenvalue weighted by atomic mass is 10.0. The van der Waals surface area contributed by atoms with E-state index in [2.05, 4.69) is 39.6 Å². The first-order valence-electron chi connectivity index (χ1n) is 11.5. The molecule has 0 atom stereocenters. The summed E-state index contributed by atoms with van der Waals surface area (Å²) in [7, 11) is 1.44. The van der Waals surface area contributed by atoms with Crippen molar-refractivity contribution in [1.82, 2.24) is 20.7 Å². The Morgan fingerprint density at radius 2 is 2.12 bits per heavy atom. The fourth-order valence-electron chi connectivity index (χ4n) is 4.30. The predicted molar refractivity (Wildman–Crippen MR) is 133 cm³/mol. The van der Waals surface area contributed by atoms with Crippen molar-refractivity contribution in [2.24, 2.45) is 9.98 Å². The number of nitrogens with one attached hydrogen (secondary N) is 2. The average molecular weight is 469 g/mol. The number of nitrogens with zero attached hydrogens (tertiary/aromatic N) is 4. The fourth-order valence-corrected chi connectivity index (χ4v) is 4.30. The number of allylic oxidation sites excluding steroid dienone is 1. The monoisotopic (exact) mass is 468 g/mol. The Balaban J connectivity index is 0.00000158. The SMILES string of the molecule is C#C.COc1cc(N=C2N=CNN3C=CCCC(CN4CCC(NCCO)CC4)=C23)ccc1F. The summed E-state index contributed by atoms with van der Waals surface area (Å²) < 4.78 is 18.9. The highest BCUT2D eigenvalue weighted by atomic mass is 19.1. The van der Waals surface area contributed by atoms with Gasteiger partial charge in [-0.1, -0.05) is 6.08 Å². The minimum Gasteiger partial charge on any atom is -0.494 e. The molecule has 0 saturated carbocycles. The van der Waals surface area contributed by atoms with E-state index >= 15 is 0 Å². The standard InChI is InChI=1S/C23H31FN6O2.C2H2/c1-32-21-14-19(5-6-20(21)24)28-23-22-17(4-2-3-10-30(22)27-16-26-23)15-29-11-7-18(8-12-29)25-9-13-31;1-2/h3,5-6,10,14,16,18,25,31H,2,4,7-9,11-13,15H2,1H3,(H,26,27,28);1-2H. The van der Waals surface area contributed by atoms with E-state index < -0.39 is 5.82 Å². The smallest absolute Gasteiger partial charge is 0.180 e. The molecule has 1 aromatic carbocycles. The van der Waals surface area contributed by atoms with Crippen LogP contribution in [0.1, 0.15) is 25.7 Å². The molecule has 0 aliphatic carbocycles.